The van der Waals surface area contributed by atoms with Crippen LogP contribution < -0.4 is 10.7 Å². The normalized spacial score (nSPS) is 15.3. The molecule has 2 aromatic rings. The van der Waals surface area contributed by atoms with Gasteiger partial charge in [0.25, 0.3) is 5.91 Å². The lowest BCUT2D eigenvalue weighted by Gasteiger charge is -2.20. The average Bonchev–Trinajstić information content (AvgIpc) is 2.82. The van der Waals surface area contributed by atoms with Crippen LogP contribution in [0.5, 0.6) is 0 Å². The van der Waals surface area contributed by atoms with Crippen molar-refractivity contribution in [2.75, 3.05) is 25.4 Å². The van der Waals surface area contributed by atoms with Gasteiger partial charge in [0.05, 0.1) is 10.4 Å². The second kappa shape index (κ2) is 11.5. The number of benzene rings is 1. The van der Waals surface area contributed by atoms with E-state index < -0.39 is 21.4 Å². The van der Waals surface area contributed by atoms with Gasteiger partial charge in [-0.2, -0.15) is 16.1 Å². The number of aromatic nitrogens is 1. The van der Waals surface area contributed by atoms with Crippen LogP contribution >= 0.6 is 11.8 Å². The molecule has 1 aliphatic carbocycles. The largest absolute Gasteiger partial charge is 0.352 e. The number of carbonyl (C=O) groups is 1. The molecule has 1 amide bonds. The Morgan fingerprint density at radius 3 is 2.55 bits per heavy atom. The molecule has 33 heavy (non-hydrogen) atoms. The number of fused-ring (bicyclic) bond motifs is 1. The van der Waals surface area contributed by atoms with Gasteiger partial charge in [-0.3, -0.25) is 9.59 Å². The topological polar surface area (TPSA) is 88.5 Å². The first kappa shape index (κ1) is 25.8. The van der Waals surface area contributed by atoms with E-state index in [9.17, 15) is 18.0 Å². The summed E-state index contributed by atoms with van der Waals surface area (Å²) in [5, 5.41) is 3.83. The number of sulfonamides is 1. The summed E-state index contributed by atoms with van der Waals surface area (Å²) < 4.78 is 28.9. The highest BCUT2D eigenvalue weighted by Gasteiger charge is 2.23. The lowest BCUT2D eigenvalue weighted by atomic mass is 10.0. The minimum absolute atomic E-state index is 0.0299. The van der Waals surface area contributed by atoms with Gasteiger partial charge in [0, 0.05) is 43.5 Å². The highest BCUT2D eigenvalue weighted by atomic mass is 32.2. The van der Waals surface area contributed by atoms with Crippen molar-refractivity contribution in [3.63, 3.8) is 0 Å². The highest BCUT2D eigenvalue weighted by Crippen LogP contribution is 2.28. The Morgan fingerprint density at radius 1 is 1.18 bits per heavy atom. The van der Waals surface area contributed by atoms with Gasteiger partial charge in [0.2, 0.25) is 15.5 Å². The Labute approximate surface area is 201 Å². The van der Waals surface area contributed by atoms with Crippen molar-refractivity contribution in [3.8, 4) is 0 Å². The Bertz CT molecular complexity index is 1130. The maximum atomic E-state index is 13.1. The summed E-state index contributed by atoms with van der Waals surface area (Å²) in [6.45, 7) is 4.75. The number of amides is 1. The van der Waals surface area contributed by atoms with Crippen LogP contribution in [0.25, 0.3) is 10.9 Å². The summed E-state index contributed by atoms with van der Waals surface area (Å²) in [7, 11) is -1.96. The van der Waals surface area contributed by atoms with Crippen molar-refractivity contribution in [3.05, 3.63) is 40.2 Å². The van der Waals surface area contributed by atoms with Crippen LogP contribution in [0.3, 0.4) is 0 Å². The standard InChI is InChI=1S/C24H35N3O4S2/c1-4-27(5-2)33(30,31)19-12-13-22-20(16-19)23(28)21(17-26(22)3)24(29)25-14-9-15-32-18-10-7-6-8-11-18/h12-13,16-18H,4-11,14-15H2,1-3H3,(H,25,29). The number of aryl methyl sites for hydroxylation is 1. The maximum Gasteiger partial charge on any atom is 0.256 e. The van der Waals surface area contributed by atoms with Crippen LogP contribution in [-0.4, -0.2) is 53.8 Å². The summed E-state index contributed by atoms with van der Waals surface area (Å²) in [5.41, 5.74) is 0.162. The number of carbonyl (C=O) groups excluding carboxylic acids is 1. The van der Waals surface area contributed by atoms with E-state index in [2.05, 4.69) is 5.32 Å². The summed E-state index contributed by atoms with van der Waals surface area (Å²) in [4.78, 5) is 25.9. The zero-order chi connectivity index (χ0) is 24.0. The molecule has 0 radical (unpaired) electrons. The molecule has 0 spiro atoms. The average molecular weight is 494 g/mol. The number of nitrogens with one attached hydrogen (secondary N) is 1. The number of hydrogen-bond acceptors (Lipinski definition) is 5. The van der Waals surface area contributed by atoms with Gasteiger partial charge in [-0.05, 0) is 43.2 Å². The van der Waals surface area contributed by atoms with Crippen molar-refractivity contribution in [2.24, 2.45) is 7.05 Å². The summed E-state index contributed by atoms with van der Waals surface area (Å²) in [5.74, 6) is 0.574. The molecule has 3 rings (SSSR count). The fourth-order valence-corrected chi connectivity index (χ4v) is 7.15. The molecule has 1 aromatic carbocycles. The third-order valence-electron chi connectivity index (χ3n) is 6.26. The Balaban J connectivity index is 1.74. The third kappa shape index (κ3) is 6.00. The van der Waals surface area contributed by atoms with E-state index in [1.807, 2.05) is 11.8 Å². The van der Waals surface area contributed by atoms with E-state index in [1.165, 1.54) is 54.7 Å². The minimum atomic E-state index is -3.70. The first-order chi connectivity index (χ1) is 15.8. The fraction of sp³-hybridized carbons (Fsp3) is 0.583. The number of nitrogens with zero attached hydrogens (tertiary/aromatic N) is 2. The van der Waals surface area contributed by atoms with E-state index in [-0.39, 0.29) is 15.8 Å². The number of pyridine rings is 1. The Hall–Kier alpha value is -1.84. The van der Waals surface area contributed by atoms with E-state index in [1.54, 1.807) is 31.5 Å². The molecule has 9 heteroatoms. The summed E-state index contributed by atoms with van der Waals surface area (Å²) in [6, 6.07) is 4.53. The highest BCUT2D eigenvalue weighted by molar-refractivity contribution is 7.99. The summed E-state index contributed by atoms with van der Waals surface area (Å²) >= 11 is 1.98. The monoisotopic (exact) mass is 493 g/mol. The van der Waals surface area contributed by atoms with Gasteiger partial charge in [0.1, 0.15) is 5.56 Å². The zero-order valence-corrected chi connectivity index (χ0v) is 21.4. The Kier molecular flexibility index (Phi) is 9.01. The van der Waals surface area contributed by atoms with Crippen LogP contribution in [0.2, 0.25) is 0 Å². The number of thioether (sulfide) groups is 1. The van der Waals surface area contributed by atoms with Crippen LogP contribution in [0.4, 0.5) is 0 Å². The molecular weight excluding hydrogens is 458 g/mol. The second-order valence-electron chi connectivity index (χ2n) is 8.49. The van der Waals surface area contributed by atoms with Gasteiger partial charge < -0.3 is 9.88 Å². The second-order valence-corrected chi connectivity index (χ2v) is 11.8. The lowest BCUT2D eigenvalue weighted by Crippen LogP contribution is -2.31. The molecule has 1 saturated carbocycles. The molecule has 0 saturated heterocycles. The zero-order valence-electron chi connectivity index (χ0n) is 19.8. The van der Waals surface area contributed by atoms with Gasteiger partial charge in [-0.15, -0.1) is 0 Å². The van der Waals surface area contributed by atoms with Crippen LogP contribution in [0.1, 0.15) is 62.7 Å². The van der Waals surface area contributed by atoms with Crippen LogP contribution in [-0.2, 0) is 17.1 Å². The smallest absolute Gasteiger partial charge is 0.256 e. The lowest BCUT2D eigenvalue weighted by molar-refractivity contribution is 0.0952. The summed E-state index contributed by atoms with van der Waals surface area (Å²) in [6.07, 6.45) is 8.93. The maximum absolute atomic E-state index is 13.1. The van der Waals surface area contributed by atoms with E-state index in [0.717, 1.165) is 17.4 Å². The van der Waals surface area contributed by atoms with E-state index >= 15 is 0 Å². The molecule has 182 valence electrons. The SMILES string of the molecule is CCN(CC)S(=O)(=O)c1ccc2c(c1)c(=O)c(C(=O)NCCCSC1CCCCC1)cn2C. The van der Waals surface area contributed by atoms with Crippen molar-refractivity contribution in [1.29, 1.82) is 0 Å². The van der Waals surface area contributed by atoms with Crippen LogP contribution in [0, 0.1) is 0 Å². The molecule has 1 aromatic heterocycles. The number of hydrogen-bond donors (Lipinski definition) is 1. The van der Waals surface area contributed by atoms with E-state index in [0.29, 0.717) is 25.2 Å². The predicted molar refractivity (Wildman–Crippen MR) is 136 cm³/mol. The van der Waals surface area contributed by atoms with Gasteiger partial charge >= 0.3 is 0 Å². The van der Waals surface area contributed by atoms with Crippen molar-refractivity contribution in [1.82, 2.24) is 14.2 Å². The molecule has 0 bridgehead atoms. The molecule has 1 fully saturated rings. The van der Waals surface area contributed by atoms with Crippen molar-refractivity contribution >= 4 is 38.6 Å². The fourth-order valence-electron chi connectivity index (χ4n) is 4.36. The molecule has 7 nitrogen and oxygen atoms in total. The van der Waals surface area contributed by atoms with Crippen LogP contribution in [0.15, 0.2) is 34.1 Å². The molecule has 0 unspecified atom stereocenters. The molecule has 0 aliphatic heterocycles. The molecule has 0 atom stereocenters. The quantitative estimate of drug-likeness (QED) is 0.509. The van der Waals surface area contributed by atoms with Crippen molar-refractivity contribution in [2.45, 2.75) is 62.5 Å². The molecular formula is C24H35N3O4S2. The van der Waals surface area contributed by atoms with Gasteiger partial charge in [0.15, 0.2) is 0 Å². The first-order valence-corrected chi connectivity index (χ1v) is 14.3. The number of rotatable bonds is 10. The Morgan fingerprint density at radius 2 is 1.88 bits per heavy atom. The van der Waals surface area contributed by atoms with Gasteiger partial charge in [-0.25, -0.2) is 8.42 Å². The van der Waals surface area contributed by atoms with Crippen molar-refractivity contribution < 1.29 is 13.2 Å². The third-order valence-corrected chi connectivity index (χ3v) is 9.77. The first-order valence-electron chi connectivity index (χ1n) is 11.8. The molecule has 1 aliphatic rings. The minimum Gasteiger partial charge on any atom is -0.352 e. The van der Waals surface area contributed by atoms with E-state index in [4.69, 9.17) is 0 Å². The molecule has 1 heterocycles. The molecule has 1 N–H and O–H groups in total. The van der Waals surface area contributed by atoms with Gasteiger partial charge in [-0.1, -0.05) is 33.1 Å². The predicted octanol–water partition coefficient (Wildman–Crippen LogP) is 3.75.